The average Bonchev–Trinajstić information content (AvgIpc) is 3.03. The molecule has 6 nitrogen and oxygen atoms in total. The molecular formula is C23H23ClF2N3O3P. The van der Waals surface area contributed by atoms with Crippen molar-refractivity contribution in [2.75, 3.05) is 13.2 Å². The fourth-order valence-electron chi connectivity index (χ4n) is 3.87. The average molecular weight is 494 g/mol. The molecule has 0 aliphatic rings. The van der Waals surface area contributed by atoms with Gasteiger partial charge in [-0.3, -0.25) is 4.57 Å². The summed E-state index contributed by atoms with van der Waals surface area (Å²) < 4.78 is 53.4. The molecule has 2 aromatic carbocycles. The first-order valence-corrected chi connectivity index (χ1v) is 12.6. The maximum atomic E-state index is 14.1. The van der Waals surface area contributed by atoms with Crippen molar-refractivity contribution in [3.63, 3.8) is 0 Å². The van der Waals surface area contributed by atoms with Gasteiger partial charge in [-0.2, -0.15) is 0 Å². The minimum Gasteiger partial charge on any atom is -0.332 e. The molecule has 0 aliphatic carbocycles. The molecule has 0 saturated carbocycles. The second-order valence-corrected chi connectivity index (χ2v) is 9.96. The van der Waals surface area contributed by atoms with Gasteiger partial charge in [-0.1, -0.05) is 35.9 Å². The topological polar surface area (TPSA) is 66.2 Å². The number of halogens is 3. The van der Waals surface area contributed by atoms with Crippen molar-refractivity contribution >= 4 is 41.1 Å². The summed E-state index contributed by atoms with van der Waals surface area (Å²) >= 11 is 6.42. The largest absolute Gasteiger partial charge is 0.335 e. The molecule has 174 valence electrons. The summed E-state index contributed by atoms with van der Waals surface area (Å²) in [6.45, 7) is 6.14. The van der Waals surface area contributed by atoms with E-state index in [2.05, 4.69) is 9.97 Å². The third-order valence-electron chi connectivity index (χ3n) is 5.20. The van der Waals surface area contributed by atoms with Crippen molar-refractivity contribution in [1.29, 1.82) is 0 Å². The molecule has 0 radical (unpaired) electrons. The highest BCUT2D eigenvalue weighted by molar-refractivity contribution is 7.53. The molecule has 4 aromatic rings. The van der Waals surface area contributed by atoms with Gasteiger partial charge in [0.1, 0.15) is 16.9 Å². The van der Waals surface area contributed by atoms with Gasteiger partial charge < -0.3 is 13.6 Å². The van der Waals surface area contributed by atoms with Crippen LogP contribution in [0.4, 0.5) is 8.78 Å². The van der Waals surface area contributed by atoms with Gasteiger partial charge in [0.15, 0.2) is 16.8 Å². The van der Waals surface area contributed by atoms with Crippen LogP contribution >= 0.6 is 19.2 Å². The highest BCUT2D eigenvalue weighted by Gasteiger charge is 2.24. The lowest BCUT2D eigenvalue weighted by Crippen LogP contribution is -2.02. The third-order valence-corrected chi connectivity index (χ3v) is 7.52. The minimum atomic E-state index is -3.22. The number of benzene rings is 2. The second kappa shape index (κ2) is 9.47. The van der Waals surface area contributed by atoms with Gasteiger partial charge in [-0.05, 0) is 38.0 Å². The van der Waals surface area contributed by atoms with Crippen LogP contribution in [-0.4, -0.2) is 27.7 Å². The Labute approximate surface area is 195 Å². The van der Waals surface area contributed by atoms with Crippen LogP contribution in [0.15, 0.2) is 36.4 Å². The van der Waals surface area contributed by atoms with E-state index in [1.54, 1.807) is 25.3 Å². The SMILES string of the molecule is CCOP(=O)(Cc1ccc(Cn2c3cc(F)c(F)cc3c3nc(C)nc(Cl)c32)cc1)OCC. The third kappa shape index (κ3) is 4.80. The molecule has 0 unspecified atom stereocenters. The summed E-state index contributed by atoms with van der Waals surface area (Å²) in [7, 11) is -3.22. The molecule has 10 heteroatoms. The van der Waals surface area contributed by atoms with Gasteiger partial charge in [0.2, 0.25) is 0 Å². The van der Waals surface area contributed by atoms with E-state index in [1.165, 1.54) is 0 Å². The number of hydrogen-bond donors (Lipinski definition) is 0. The molecule has 4 rings (SSSR count). The van der Waals surface area contributed by atoms with Crippen molar-refractivity contribution in [2.24, 2.45) is 0 Å². The predicted octanol–water partition coefficient (Wildman–Crippen LogP) is 6.64. The molecule has 0 spiro atoms. The molecule has 0 amide bonds. The van der Waals surface area contributed by atoms with Crippen molar-refractivity contribution < 1.29 is 22.4 Å². The predicted molar refractivity (Wildman–Crippen MR) is 125 cm³/mol. The lowest BCUT2D eigenvalue weighted by atomic mass is 10.1. The monoisotopic (exact) mass is 493 g/mol. The highest BCUT2D eigenvalue weighted by Crippen LogP contribution is 2.51. The number of hydrogen-bond acceptors (Lipinski definition) is 5. The minimum absolute atomic E-state index is 0.160. The zero-order valence-corrected chi connectivity index (χ0v) is 20.1. The number of aromatic nitrogens is 3. The summed E-state index contributed by atoms with van der Waals surface area (Å²) in [5, 5.41) is 0.669. The summed E-state index contributed by atoms with van der Waals surface area (Å²) in [6, 6.07) is 9.71. The lowest BCUT2D eigenvalue weighted by Gasteiger charge is -2.17. The Balaban J connectivity index is 1.73. The van der Waals surface area contributed by atoms with Gasteiger partial charge in [0.05, 0.1) is 24.9 Å². The van der Waals surface area contributed by atoms with Crippen LogP contribution < -0.4 is 0 Å². The van der Waals surface area contributed by atoms with E-state index in [9.17, 15) is 13.3 Å². The Bertz CT molecular complexity index is 1370. The van der Waals surface area contributed by atoms with E-state index in [-0.39, 0.29) is 11.3 Å². The molecule has 0 saturated heterocycles. The van der Waals surface area contributed by atoms with E-state index in [0.29, 0.717) is 47.5 Å². The van der Waals surface area contributed by atoms with E-state index in [1.807, 2.05) is 24.3 Å². The number of aryl methyl sites for hydroxylation is 1. The summed E-state index contributed by atoms with van der Waals surface area (Å²) in [5.74, 6) is -1.47. The van der Waals surface area contributed by atoms with Gasteiger partial charge in [0.25, 0.3) is 0 Å². The van der Waals surface area contributed by atoms with Gasteiger partial charge in [-0.25, -0.2) is 18.7 Å². The van der Waals surface area contributed by atoms with Crippen LogP contribution in [0.1, 0.15) is 30.8 Å². The molecule has 33 heavy (non-hydrogen) atoms. The molecule has 0 fully saturated rings. The van der Waals surface area contributed by atoms with Crippen LogP contribution in [0.3, 0.4) is 0 Å². The number of nitrogens with zero attached hydrogens (tertiary/aromatic N) is 3. The van der Waals surface area contributed by atoms with Crippen LogP contribution in [0.2, 0.25) is 5.15 Å². The van der Waals surface area contributed by atoms with E-state index < -0.39 is 19.2 Å². The first-order valence-electron chi connectivity index (χ1n) is 10.5. The van der Waals surface area contributed by atoms with Crippen molar-refractivity contribution in [1.82, 2.24) is 14.5 Å². The molecular weight excluding hydrogens is 471 g/mol. The zero-order chi connectivity index (χ0) is 23.8. The smallest absolute Gasteiger partial charge is 0.332 e. The Hall–Kier alpha value is -2.38. The van der Waals surface area contributed by atoms with E-state index >= 15 is 0 Å². The summed E-state index contributed by atoms with van der Waals surface area (Å²) in [6.07, 6.45) is 0.160. The van der Waals surface area contributed by atoms with Crippen molar-refractivity contribution in [3.8, 4) is 0 Å². The Morgan fingerprint density at radius 1 is 1.00 bits per heavy atom. The standard InChI is InChI=1S/C23H23ClF2N3O3P/c1-4-31-33(30,32-5-2)13-16-8-6-15(7-9-16)12-29-20-11-19(26)18(25)10-17(20)21-22(29)23(24)28-14(3)27-21/h6-11H,4-5,12-13H2,1-3H3. The fourth-order valence-corrected chi connectivity index (χ4v) is 5.89. The zero-order valence-electron chi connectivity index (χ0n) is 18.4. The molecule has 0 aliphatic heterocycles. The highest BCUT2D eigenvalue weighted by atomic mass is 35.5. The normalized spacial score (nSPS) is 12.2. The van der Waals surface area contributed by atoms with Crippen LogP contribution in [0, 0.1) is 18.6 Å². The first-order chi connectivity index (χ1) is 15.7. The van der Waals surface area contributed by atoms with Gasteiger partial charge in [0, 0.05) is 18.0 Å². The summed E-state index contributed by atoms with van der Waals surface area (Å²) in [5.41, 5.74) is 3.11. The van der Waals surface area contributed by atoms with Crippen LogP contribution in [-0.2, 0) is 26.3 Å². The Kier molecular flexibility index (Phi) is 6.82. The van der Waals surface area contributed by atoms with Gasteiger partial charge in [-0.15, -0.1) is 0 Å². The Morgan fingerprint density at radius 3 is 2.24 bits per heavy atom. The molecule has 2 aromatic heterocycles. The summed E-state index contributed by atoms with van der Waals surface area (Å²) in [4.78, 5) is 8.64. The molecule has 0 atom stereocenters. The second-order valence-electron chi connectivity index (χ2n) is 7.55. The fraction of sp³-hybridized carbons (Fsp3) is 0.304. The maximum absolute atomic E-state index is 14.1. The van der Waals surface area contributed by atoms with Crippen LogP contribution in [0.5, 0.6) is 0 Å². The Morgan fingerprint density at radius 2 is 1.61 bits per heavy atom. The maximum Gasteiger partial charge on any atom is 0.335 e. The molecule has 0 N–H and O–H groups in total. The van der Waals surface area contributed by atoms with Crippen molar-refractivity contribution in [3.05, 3.63) is 70.1 Å². The van der Waals surface area contributed by atoms with Crippen molar-refractivity contribution in [2.45, 2.75) is 33.5 Å². The molecule has 2 heterocycles. The number of fused-ring (bicyclic) bond motifs is 3. The molecule has 0 bridgehead atoms. The first kappa shape index (κ1) is 23.8. The van der Waals surface area contributed by atoms with E-state index in [4.69, 9.17) is 20.6 Å². The van der Waals surface area contributed by atoms with Crippen LogP contribution in [0.25, 0.3) is 21.9 Å². The van der Waals surface area contributed by atoms with E-state index in [0.717, 1.165) is 23.3 Å². The number of rotatable bonds is 8. The lowest BCUT2D eigenvalue weighted by molar-refractivity contribution is 0.219. The van der Waals surface area contributed by atoms with Gasteiger partial charge >= 0.3 is 7.60 Å². The quantitative estimate of drug-likeness (QED) is 0.203.